The Kier molecular flexibility index (Phi) is 36.1. The van der Waals surface area contributed by atoms with Crippen molar-refractivity contribution >= 4 is 71.1 Å². The minimum atomic E-state index is -1.65. The zero-order valence-corrected chi connectivity index (χ0v) is 65.0. The lowest BCUT2D eigenvalue weighted by Gasteiger charge is -2.41. The molecule has 0 saturated carbocycles. The van der Waals surface area contributed by atoms with E-state index in [1.165, 1.54) is 94.6 Å². The molecule has 27 nitrogen and oxygen atoms in total. The first-order valence-corrected chi connectivity index (χ1v) is 35.9. The summed E-state index contributed by atoms with van der Waals surface area (Å²) in [6.07, 6.45) is 4.27. The molecule has 0 radical (unpaired) electrons. The molecule has 2 aliphatic heterocycles. The Morgan fingerprint density at radius 1 is 0.535 bits per heavy atom. The Bertz CT molecular complexity index is 2760. The number of aliphatic hydroxyl groups excluding tert-OH is 1. The number of carbonyl (C=O) groups is 12. The van der Waals surface area contributed by atoms with Gasteiger partial charge in [0.25, 0.3) is 0 Å². The number of ether oxygens (including phenoxy) is 1. The van der Waals surface area contributed by atoms with Crippen molar-refractivity contribution in [2.75, 3.05) is 83.1 Å². The van der Waals surface area contributed by atoms with Crippen molar-refractivity contribution in [2.45, 2.75) is 254 Å². The topological polar surface area (TPSA) is 312 Å². The van der Waals surface area contributed by atoms with Gasteiger partial charge in [-0.25, -0.2) is 4.79 Å². The highest BCUT2D eigenvalue weighted by atomic mass is 16.6. The van der Waals surface area contributed by atoms with Gasteiger partial charge in [0, 0.05) is 62.4 Å². The van der Waals surface area contributed by atoms with Gasteiger partial charge in [0.05, 0.1) is 12.7 Å². The first kappa shape index (κ1) is 88.2. The third kappa shape index (κ3) is 24.4. The molecule has 566 valence electrons. The third-order valence-electron chi connectivity index (χ3n) is 19.9. The molecule has 12 amide bonds. The van der Waals surface area contributed by atoms with Crippen molar-refractivity contribution < 1.29 is 67.4 Å². The number of allylic oxidation sites excluding steroid dienone is 2. The summed E-state index contributed by atoms with van der Waals surface area (Å²) in [6.45, 7) is 30.9. The van der Waals surface area contributed by atoms with Crippen molar-refractivity contribution in [2.24, 2.45) is 41.4 Å². The van der Waals surface area contributed by atoms with Crippen LogP contribution in [0.15, 0.2) is 12.2 Å². The largest absolute Gasteiger partial charge is 0.449 e. The molecule has 0 aromatic carbocycles. The van der Waals surface area contributed by atoms with E-state index in [-0.39, 0.29) is 75.3 Å². The molecular formula is C72H129N13O14. The van der Waals surface area contributed by atoms with Crippen LogP contribution in [0.2, 0.25) is 0 Å². The van der Waals surface area contributed by atoms with Gasteiger partial charge in [0.15, 0.2) is 0 Å². The van der Waals surface area contributed by atoms with E-state index in [1.807, 2.05) is 48.6 Å². The monoisotopic (exact) mass is 1400 g/mol. The molecule has 2 aliphatic rings. The van der Waals surface area contributed by atoms with Crippen LogP contribution in [0.1, 0.15) is 175 Å². The maximum Gasteiger partial charge on any atom is 0.409 e. The Hall–Kier alpha value is -6.90. The van der Waals surface area contributed by atoms with Crippen LogP contribution in [-0.2, 0) is 57.5 Å². The zero-order chi connectivity index (χ0) is 76.1. The quantitative estimate of drug-likeness (QED) is 0.0895. The fraction of sp³-hybridized carbons (Fsp3) is 0.806. The van der Waals surface area contributed by atoms with Gasteiger partial charge in [-0.05, 0) is 147 Å². The molecular weight excluding hydrogens is 1270 g/mol. The van der Waals surface area contributed by atoms with E-state index in [2.05, 4.69) is 26.2 Å². The van der Waals surface area contributed by atoms with E-state index in [1.54, 1.807) is 79.5 Å². The van der Waals surface area contributed by atoms with Gasteiger partial charge in [-0.1, -0.05) is 102 Å². The first-order valence-electron chi connectivity index (χ1n) is 35.9. The molecule has 99 heavy (non-hydrogen) atoms. The molecule has 0 unspecified atom stereocenters. The van der Waals surface area contributed by atoms with Crippen LogP contribution >= 0.6 is 0 Å². The molecule has 0 spiro atoms. The van der Waals surface area contributed by atoms with Crippen molar-refractivity contribution in [3.63, 3.8) is 0 Å². The summed E-state index contributed by atoms with van der Waals surface area (Å²) in [7, 11) is 13.6. The molecule has 2 rings (SSSR count). The van der Waals surface area contributed by atoms with E-state index < -0.39 is 167 Å². The number of likely N-dealkylation sites (tertiary alicyclic amines) is 1. The van der Waals surface area contributed by atoms with Crippen molar-refractivity contribution in [1.29, 1.82) is 0 Å². The molecule has 2 saturated heterocycles. The van der Waals surface area contributed by atoms with E-state index in [4.69, 9.17) is 4.74 Å². The predicted octanol–water partition coefficient (Wildman–Crippen LogP) is 4.19. The predicted molar refractivity (Wildman–Crippen MR) is 382 cm³/mol. The molecule has 2 fully saturated rings. The van der Waals surface area contributed by atoms with Crippen molar-refractivity contribution in [1.82, 2.24) is 65.4 Å². The van der Waals surface area contributed by atoms with Crippen LogP contribution < -0.4 is 21.3 Å². The summed E-state index contributed by atoms with van der Waals surface area (Å²) in [6, 6.07) is -14.2. The van der Waals surface area contributed by atoms with Crippen LogP contribution in [0.5, 0.6) is 0 Å². The number of piperidine rings is 1. The third-order valence-corrected chi connectivity index (χ3v) is 19.9. The lowest BCUT2D eigenvalue weighted by atomic mass is 9.91. The van der Waals surface area contributed by atoms with Gasteiger partial charge in [-0.15, -0.1) is 0 Å². The SMILES string of the molecule is C/C=C/C[C@@H](C)[C@@H](O)[C@H]1C(=O)N[C@@H](CC)C(=O)N(C)[C@H](C)C(=O)N(C)[C@@H]([C@H](C)CCCOC(=O)N(C)C2CCN(C)CC2)C(=O)N[C@@H](C(C)C)C(=O)N(C)[C@@H](CC(C)C)C(=O)N[C@@H](C)C(=O)N[C@H](C)C(=O)N(C)[C@@H](CC(C)C)C(=O)N(C)[C@@H](CC(C)C)C(=O)N(C)[C@@H](C(C)C)C(=O)N1C. The second kappa shape index (κ2) is 40.5. The summed E-state index contributed by atoms with van der Waals surface area (Å²) in [4.78, 5) is 189. The summed E-state index contributed by atoms with van der Waals surface area (Å²) in [5, 5.41) is 23.4. The second-order valence-corrected chi connectivity index (χ2v) is 30.1. The number of nitrogens with one attached hydrogen (secondary N) is 4. The molecule has 2 heterocycles. The highest BCUT2D eigenvalue weighted by Gasteiger charge is 2.47. The Labute approximate surface area is 592 Å². The number of carbonyl (C=O) groups excluding carboxylic acids is 12. The van der Waals surface area contributed by atoms with E-state index in [9.17, 15) is 33.9 Å². The number of amides is 12. The highest BCUT2D eigenvalue weighted by molar-refractivity contribution is 6.00. The average Bonchev–Trinajstić information content (AvgIpc) is 0.809. The number of hydrogen-bond donors (Lipinski definition) is 5. The molecule has 14 atom stereocenters. The van der Waals surface area contributed by atoms with Gasteiger partial charge >= 0.3 is 6.09 Å². The maximum absolute atomic E-state index is 15.3. The Morgan fingerprint density at radius 3 is 1.49 bits per heavy atom. The van der Waals surface area contributed by atoms with E-state index in [0.717, 1.165) is 35.7 Å². The van der Waals surface area contributed by atoms with Gasteiger partial charge in [0.1, 0.15) is 66.5 Å². The van der Waals surface area contributed by atoms with Crippen molar-refractivity contribution in [3.05, 3.63) is 12.2 Å². The molecule has 0 bridgehead atoms. The summed E-state index contributed by atoms with van der Waals surface area (Å²) >= 11 is 0. The van der Waals surface area contributed by atoms with Crippen LogP contribution in [0.3, 0.4) is 0 Å². The van der Waals surface area contributed by atoms with Crippen LogP contribution in [-0.4, -0.2) is 282 Å². The fourth-order valence-electron chi connectivity index (χ4n) is 13.2. The molecule has 0 aromatic rings. The van der Waals surface area contributed by atoms with Gasteiger partial charge < -0.3 is 75.2 Å². The van der Waals surface area contributed by atoms with Gasteiger partial charge in [0.2, 0.25) is 65.0 Å². The highest BCUT2D eigenvalue weighted by Crippen LogP contribution is 2.27. The van der Waals surface area contributed by atoms with Crippen LogP contribution in [0, 0.1) is 41.4 Å². The molecule has 5 N–H and O–H groups in total. The lowest BCUT2D eigenvalue weighted by Crippen LogP contribution is -2.64. The van der Waals surface area contributed by atoms with Gasteiger partial charge in [-0.3, -0.25) is 52.7 Å². The van der Waals surface area contributed by atoms with Crippen LogP contribution in [0.25, 0.3) is 0 Å². The normalized spacial score (nSPS) is 27.1. The Morgan fingerprint density at radius 2 is 1.00 bits per heavy atom. The van der Waals surface area contributed by atoms with Crippen LogP contribution in [0.4, 0.5) is 4.79 Å². The number of hydrogen-bond acceptors (Lipinski definition) is 15. The molecule has 27 heteroatoms. The summed E-state index contributed by atoms with van der Waals surface area (Å²) in [5.74, 6) is -10.9. The first-order chi connectivity index (χ1) is 45.9. The number of rotatable bonds is 19. The second-order valence-electron chi connectivity index (χ2n) is 30.1. The number of aliphatic hydroxyl groups is 1. The van der Waals surface area contributed by atoms with Crippen molar-refractivity contribution in [3.8, 4) is 0 Å². The maximum atomic E-state index is 15.3. The minimum absolute atomic E-state index is 0.00177. The summed E-state index contributed by atoms with van der Waals surface area (Å²) in [5.41, 5.74) is 0. The van der Waals surface area contributed by atoms with Gasteiger partial charge in [-0.2, -0.15) is 0 Å². The summed E-state index contributed by atoms with van der Waals surface area (Å²) < 4.78 is 5.73. The molecule has 0 aromatic heterocycles. The lowest BCUT2D eigenvalue weighted by molar-refractivity contribution is -0.157. The van der Waals surface area contributed by atoms with E-state index >= 15 is 28.8 Å². The average molecular weight is 1400 g/mol. The van der Waals surface area contributed by atoms with E-state index in [0.29, 0.717) is 0 Å². The zero-order valence-electron chi connectivity index (χ0n) is 65.0. The number of likely N-dealkylation sites (N-methyl/N-ethyl adjacent to an activating group) is 7. The smallest absolute Gasteiger partial charge is 0.409 e. The fourth-order valence-corrected chi connectivity index (χ4v) is 13.2. The minimum Gasteiger partial charge on any atom is -0.449 e. The number of nitrogens with zero attached hydrogens (tertiary/aromatic N) is 9. The molecule has 0 aliphatic carbocycles. The standard InChI is InChI=1S/C72H129N13O14/c1-27-29-31-47(14)60(86)59-64(90)75-52(28-2)67(93)78(19)50(17)66(92)84(25)58(46(13)32-30-37-99-72(98)79(20)51-33-35-77(18)36-34-51)63(89)76-56(44(9)10)70(96)80(21)53(38-41(3)4)62(88)73-48(15)61(87)74-49(16)65(91)81(22)54(39-42(5)6)68(94)82(23)55(40-43(7)8)69(95)83(24)57(45(11)12)71(97)85(59)26/h27,29,41-60,86H,28,30-40H2,1-26H3,(H,73,88)(H,74,87)(H,75,90)(H,76,89)/b29-27+/t46-,47-,48+,49-,50-,52+,53+,54+,55+,56+,57+,58+,59+,60-/m1/s1. The Balaban J connectivity index is 3.01.